The Morgan fingerprint density at radius 1 is 1.39 bits per heavy atom. The van der Waals surface area contributed by atoms with Gasteiger partial charge in [0.2, 0.25) is 0 Å². The number of benzene rings is 1. The molecule has 1 atom stereocenters. The van der Waals surface area contributed by atoms with Crippen LogP contribution in [0, 0.1) is 0 Å². The first-order valence-electron chi connectivity index (χ1n) is 7.61. The van der Waals surface area contributed by atoms with Gasteiger partial charge in [-0.1, -0.05) is 12.1 Å². The molecule has 2 heterocycles. The van der Waals surface area contributed by atoms with E-state index in [1.54, 1.807) is 19.2 Å². The van der Waals surface area contributed by atoms with Crippen molar-refractivity contribution in [2.75, 3.05) is 33.4 Å². The number of methoxy groups -OCH3 is 1. The molecule has 1 fully saturated rings. The maximum Gasteiger partial charge on any atom is 0.287 e. The van der Waals surface area contributed by atoms with Crippen molar-refractivity contribution in [1.82, 2.24) is 10.6 Å². The summed E-state index contributed by atoms with van der Waals surface area (Å²) in [6, 6.07) is 11.0. The van der Waals surface area contributed by atoms with E-state index in [0.717, 1.165) is 24.4 Å². The minimum absolute atomic E-state index is 0.000479. The van der Waals surface area contributed by atoms with E-state index >= 15 is 0 Å². The number of hydrogen-bond donors (Lipinski definition) is 2. The highest BCUT2D eigenvalue weighted by molar-refractivity contribution is 5.92. The fourth-order valence-corrected chi connectivity index (χ4v) is 2.44. The fourth-order valence-electron chi connectivity index (χ4n) is 2.44. The Morgan fingerprint density at radius 3 is 3.09 bits per heavy atom. The third-order valence-corrected chi connectivity index (χ3v) is 3.68. The summed E-state index contributed by atoms with van der Waals surface area (Å²) >= 11 is 0. The summed E-state index contributed by atoms with van der Waals surface area (Å²) in [7, 11) is 1.61. The molecule has 1 aromatic carbocycles. The molecule has 1 aliphatic heterocycles. The number of nitrogens with one attached hydrogen (secondary N) is 2. The zero-order valence-corrected chi connectivity index (χ0v) is 13.0. The van der Waals surface area contributed by atoms with Gasteiger partial charge in [0, 0.05) is 25.2 Å². The summed E-state index contributed by atoms with van der Waals surface area (Å²) in [5, 5.41) is 6.06. The summed E-state index contributed by atoms with van der Waals surface area (Å²) in [5.41, 5.74) is 0.864. The van der Waals surface area contributed by atoms with Gasteiger partial charge in [0.15, 0.2) is 5.76 Å². The number of ether oxygens (including phenoxy) is 2. The summed E-state index contributed by atoms with van der Waals surface area (Å²) in [6.07, 6.45) is 0.000479. The molecule has 3 rings (SSSR count). The Bertz CT molecular complexity index is 662. The van der Waals surface area contributed by atoms with Crippen molar-refractivity contribution in [1.29, 1.82) is 0 Å². The van der Waals surface area contributed by atoms with Crippen molar-refractivity contribution in [3.05, 3.63) is 42.2 Å². The van der Waals surface area contributed by atoms with E-state index in [1.165, 1.54) is 0 Å². The first kappa shape index (κ1) is 15.6. The van der Waals surface area contributed by atoms with Crippen molar-refractivity contribution >= 4 is 5.91 Å². The van der Waals surface area contributed by atoms with Gasteiger partial charge in [-0.25, -0.2) is 0 Å². The molecule has 1 aliphatic rings. The molecular weight excluding hydrogens is 296 g/mol. The van der Waals surface area contributed by atoms with Crippen LogP contribution in [0.3, 0.4) is 0 Å². The lowest BCUT2D eigenvalue weighted by atomic mass is 10.2. The van der Waals surface area contributed by atoms with Gasteiger partial charge < -0.3 is 24.5 Å². The highest BCUT2D eigenvalue weighted by Crippen LogP contribution is 2.25. The predicted octanol–water partition coefficient (Wildman–Crippen LogP) is 1.67. The SMILES string of the molecule is COc1cccc(-c2ccc(C(=O)NC[C@H]3CNCCO3)o2)c1. The third-order valence-electron chi connectivity index (χ3n) is 3.68. The second kappa shape index (κ2) is 7.30. The van der Waals surface area contributed by atoms with Gasteiger partial charge in [-0.15, -0.1) is 0 Å². The van der Waals surface area contributed by atoms with Crippen molar-refractivity contribution in [3.8, 4) is 17.1 Å². The van der Waals surface area contributed by atoms with E-state index in [0.29, 0.717) is 18.9 Å². The van der Waals surface area contributed by atoms with Crippen molar-refractivity contribution in [2.24, 2.45) is 0 Å². The van der Waals surface area contributed by atoms with Crippen LogP contribution in [0.15, 0.2) is 40.8 Å². The molecule has 2 aromatic rings. The fraction of sp³-hybridized carbons (Fsp3) is 0.353. The molecule has 0 saturated carbocycles. The minimum Gasteiger partial charge on any atom is -0.497 e. The molecule has 1 amide bonds. The van der Waals surface area contributed by atoms with Crippen LogP contribution in [0.1, 0.15) is 10.6 Å². The van der Waals surface area contributed by atoms with Crippen LogP contribution in [0.25, 0.3) is 11.3 Å². The van der Waals surface area contributed by atoms with Gasteiger partial charge in [0.05, 0.1) is 19.8 Å². The highest BCUT2D eigenvalue weighted by Gasteiger charge is 2.17. The van der Waals surface area contributed by atoms with Gasteiger partial charge in [-0.2, -0.15) is 0 Å². The summed E-state index contributed by atoms with van der Waals surface area (Å²) in [4.78, 5) is 12.1. The molecule has 0 aliphatic carbocycles. The number of carbonyl (C=O) groups excluding carboxylic acids is 1. The van der Waals surface area contributed by atoms with Crippen LogP contribution in [0.2, 0.25) is 0 Å². The van der Waals surface area contributed by atoms with Gasteiger partial charge >= 0.3 is 0 Å². The van der Waals surface area contributed by atoms with E-state index < -0.39 is 0 Å². The predicted molar refractivity (Wildman–Crippen MR) is 85.6 cm³/mol. The molecule has 6 heteroatoms. The van der Waals surface area contributed by atoms with Crippen LogP contribution < -0.4 is 15.4 Å². The maximum absolute atomic E-state index is 12.1. The molecule has 122 valence electrons. The number of amides is 1. The molecule has 0 bridgehead atoms. The average Bonchev–Trinajstić information content (AvgIpc) is 3.11. The lowest BCUT2D eigenvalue weighted by Gasteiger charge is -2.23. The molecule has 1 aromatic heterocycles. The zero-order chi connectivity index (χ0) is 16.1. The minimum atomic E-state index is -0.242. The second-order valence-electron chi connectivity index (χ2n) is 5.30. The zero-order valence-electron chi connectivity index (χ0n) is 13.0. The Balaban J connectivity index is 1.62. The summed E-state index contributed by atoms with van der Waals surface area (Å²) in [5.74, 6) is 1.41. The Kier molecular flexibility index (Phi) is 4.95. The molecule has 6 nitrogen and oxygen atoms in total. The second-order valence-corrected chi connectivity index (χ2v) is 5.30. The Morgan fingerprint density at radius 2 is 2.30 bits per heavy atom. The van der Waals surface area contributed by atoms with Gasteiger partial charge in [0.1, 0.15) is 11.5 Å². The largest absolute Gasteiger partial charge is 0.497 e. The van der Waals surface area contributed by atoms with Gasteiger partial charge in [0.25, 0.3) is 5.91 Å². The number of furan rings is 1. The lowest BCUT2D eigenvalue weighted by molar-refractivity contribution is 0.0285. The normalized spacial score (nSPS) is 17.7. The first-order valence-corrected chi connectivity index (χ1v) is 7.61. The van der Waals surface area contributed by atoms with E-state index in [9.17, 15) is 4.79 Å². The summed E-state index contributed by atoms with van der Waals surface area (Å²) in [6.45, 7) is 2.72. The number of carbonyl (C=O) groups is 1. The van der Waals surface area contributed by atoms with Crippen LogP contribution in [-0.4, -0.2) is 45.4 Å². The Labute approximate surface area is 134 Å². The smallest absolute Gasteiger partial charge is 0.287 e. The molecule has 2 N–H and O–H groups in total. The molecule has 23 heavy (non-hydrogen) atoms. The average molecular weight is 316 g/mol. The first-order chi connectivity index (χ1) is 11.3. The molecule has 0 spiro atoms. The van der Waals surface area contributed by atoms with Crippen LogP contribution in [0.4, 0.5) is 0 Å². The molecule has 0 radical (unpaired) electrons. The van der Waals surface area contributed by atoms with E-state index in [2.05, 4.69) is 10.6 Å². The van der Waals surface area contributed by atoms with Crippen LogP contribution >= 0.6 is 0 Å². The lowest BCUT2D eigenvalue weighted by Crippen LogP contribution is -2.45. The van der Waals surface area contributed by atoms with E-state index in [1.807, 2.05) is 24.3 Å². The number of rotatable bonds is 5. The molecule has 1 saturated heterocycles. The van der Waals surface area contributed by atoms with Gasteiger partial charge in [-0.3, -0.25) is 4.79 Å². The highest BCUT2D eigenvalue weighted by atomic mass is 16.5. The van der Waals surface area contributed by atoms with Crippen molar-refractivity contribution in [3.63, 3.8) is 0 Å². The van der Waals surface area contributed by atoms with E-state index in [-0.39, 0.29) is 17.8 Å². The summed E-state index contributed by atoms with van der Waals surface area (Å²) < 4.78 is 16.4. The van der Waals surface area contributed by atoms with Crippen LogP contribution in [-0.2, 0) is 4.74 Å². The quantitative estimate of drug-likeness (QED) is 0.878. The van der Waals surface area contributed by atoms with Crippen molar-refractivity contribution in [2.45, 2.75) is 6.10 Å². The monoisotopic (exact) mass is 316 g/mol. The Hall–Kier alpha value is -2.31. The van der Waals surface area contributed by atoms with Gasteiger partial charge in [-0.05, 0) is 24.3 Å². The maximum atomic E-state index is 12.1. The number of morpholine rings is 1. The van der Waals surface area contributed by atoms with E-state index in [4.69, 9.17) is 13.9 Å². The number of hydrogen-bond acceptors (Lipinski definition) is 5. The molecule has 0 unspecified atom stereocenters. The molecular formula is C17H20N2O4. The van der Waals surface area contributed by atoms with Crippen molar-refractivity contribution < 1.29 is 18.7 Å². The standard InChI is InChI=1S/C17H20N2O4/c1-21-13-4-2-3-12(9-13)15-5-6-16(23-15)17(20)19-11-14-10-18-7-8-22-14/h2-6,9,14,18H,7-8,10-11H2,1H3,(H,19,20)/t14-/m1/s1. The third kappa shape index (κ3) is 3.91. The van der Waals surface area contributed by atoms with Crippen LogP contribution in [0.5, 0.6) is 5.75 Å². The topological polar surface area (TPSA) is 72.7 Å².